The molecule has 0 radical (unpaired) electrons. The zero-order valence-corrected chi connectivity index (χ0v) is 10.8. The van der Waals surface area contributed by atoms with Crippen molar-refractivity contribution in [3.63, 3.8) is 0 Å². The molecule has 1 aliphatic rings. The number of rotatable bonds is 1. The van der Waals surface area contributed by atoms with Gasteiger partial charge in [0, 0.05) is 40.7 Å². The number of hydrogen-bond donors (Lipinski definition) is 2. The first-order valence-corrected chi connectivity index (χ1v) is 6.30. The molecule has 3 rings (SSSR count). The summed E-state index contributed by atoms with van der Waals surface area (Å²) in [6.45, 7) is 6.17. The van der Waals surface area contributed by atoms with Crippen LogP contribution in [-0.4, -0.2) is 24.2 Å². The molecule has 2 N–H and O–H groups in total. The van der Waals surface area contributed by atoms with E-state index >= 15 is 0 Å². The van der Waals surface area contributed by atoms with Gasteiger partial charge in [0.25, 0.3) is 5.91 Å². The van der Waals surface area contributed by atoms with Crippen LogP contribution in [-0.2, 0) is 6.42 Å². The number of aliphatic imine (C=N–C) groups is 1. The average Bonchev–Trinajstić information content (AvgIpc) is 2.78. The molecule has 0 saturated heterocycles. The van der Waals surface area contributed by atoms with Gasteiger partial charge in [-0.3, -0.25) is 9.79 Å². The highest BCUT2D eigenvalue weighted by Gasteiger charge is 2.22. The van der Waals surface area contributed by atoms with Crippen LogP contribution in [0.25, 0.3) is 23.2 Å². The monoisotopic (exact) mass is 253 g/mol. The smallest absolute Gasteiger partial charge is 0.253 e. The first kappa shape index (κ1) is 11.7. The number of aromatic amines is 1. The molecule has 4 nitrogen and oxygen atoms in total. The van der Waals surface area contributed by atoms with E-state index in [1.807, 2.05) is 25.1 Å². The maximum Gasteiger partial charge on any atom is 0.253 e. The Morgan fingerprint density at radius 3 is 3.00 bits per heavy atom. The van der Waals surface area contributed by atoms with Gasteiger partial charge in [0.05, 0.1) is 11.1 Å². The third-order valence-electron chi connectivity index (χ3n) is 3.53. The second-order valence-corrected chi connectivity index (χ2v) is 4.58. The fraction of sp³-hybridized carbons (Fsp3) is 0.200. The van der Waals surface area contributed by atoms with E-state index in [9.17, 15) is 4.79 Å². The lowest BCUT2D eigenvalue weighted by Crippen LogP contribution is -2.31. The van der Waals surface area contributed by atoms with Crippen molar-refractivity contribution in [2.45, 2.75) is 13.3 Å². The van der Waals surface area contributed by atoms with Crippen molar-refractivity contribution in [2.24, 2.45) is 4.99 Å². The summed E-state index contributed by atoms with van der Waals surface area (Å²) in [4.78, 5) is 19.2. The van der Waals surface area contributed by atoms with Gasteiger partial charge >= 0.3 is 0 Å². The van der Waals surface area contributed by atoms with E-state index in [0.717, 1.165) is 39.0 Å². The summed E-state index contributed by atoms with van der Waals surface area (Å²) in [5.41, 5.74) is 2.80. The number of nitrogens with zero attached hydrogens (tertiary/aromatic N) is 1. The van der Waals surface area contributed by atoms with Crippen LogP contribution in [0, 0.1) is 0 Å². The number of H-pyrrole nitrogens is 1. The van der Waals surface area contributed by atoms with Crippen LogP contribution < -0.4 is 15.8 Å². The molecule has 1 aliphatic heterocycles. The molecule has 2 heterocycles. The molecule has 4 heteroatoms. The van der Waals surface area contributed by atoms with Gasteiger partial charge < -0.3 is 10.3 Å². The molecule has 1 amide bonds. The number of carbonyl (C=O) groups excluding carboxylic acids is 1. The second-order valence-electron chi connectivity index (χ2n) is 4.58. The summed E-state index contributed by atoms with van der Waals surface area (Å²) in [5, 5.41) is 5.93. The van der Waals surface area contributed by atoms with Gasteiger partial charge in [0.15, 0.2) is 0 Å². The van der Waals surface area contributed by atoms with Gasteiger partial charge in [0.1, 0.15) is 0 Å². The Morgan fingerprint density at radius 1 is 1.42 bits per heavy atom. The van der Waals surface area contributed by atoms with Crippen molar-refractivity contribution in [3.05, 3.63) is 33.8 Å². The summed E-state index contributed by atoms with van der Waals surface area (Å²) in [6.07, 6.45) is 4.60. The summed E-state index contributed by atoms with van der Waals surface area (Å²) in [5.74, 6) is 0.00753. The molecule has 0 aliphatic carbocycles. The minimum atomic E-state index is 0.00753. The Kier molecular flexibility index (Phi) is 2.71. The molecule has 0 atom stereocenters. The van der Waals surface area contributed by atoms with Gasteiger partial charge in [-0.1, -0.05) is 18.2 Å². The molecule has 0 bridgehead atoms. The summed E-state index contributed by atoms with van der Waals surface area (Å²) < 4.78 is 0. The Morgan fingerprint density at radius 2 is 2.26 bits per heavy atom. The van der Waals surface area contributed by atoms with Gasteiger partial charge in [0.2, 0.25) is 0 Å². The van der Waals surface area contributed by atoms with E-state index in [2.05, 4.69) is 22.0 Å². The molecule has 0 saturated carbocycles. The Bertz CT molecular complexity index is 799. The molecule has 19 heavy (non-hydrogen) atoms. The molecular weight excluding hydrogens is 238 g/mol. The van der Waals surface area contributed by atoms with Crippen molar-refractivity contribution in [1.29, 1.82) is 0 Å². The van der Waals surface area contributed by atoms with Crippen molar-refractivity contribution >= 4 is 35.8 Å². The first-order valence-electron chi connectivity index (χ1n) is 6.30. The van der Waals surface area contributed by atoms with E-state index in [1.54, 1.807) is 6.20 Å². The van der Waals surface area contributed by atoms with E-state index in [-0.39, 0.29) is 5.91 Å². The molecule has 0 unspecified atom stereocenters. The second kappa shape index (κ2) is 4.39. The van der Waals surface area contributed by atoms with Gasteiger partial charge in [-0.2, -0.15) is 0 Å². The zero-order chi connectivity index (χ0) is 13.4. The standard InChI is InChI=1S/C15H15N3O/c1-3-10-9(8-16-2)4-5-11-13-12(18-14(10)11)6-7-17-15(13)19/h3-5,8,18H,2,6-7H2,1H3,(H,17,19)/b9-8-,10-3+. The van der Waals surface area contributed by atoms with Crippen LogP contribution in [0.5, 0.6) is 0 Å². The highest BCUT2D eigenvalue weighted by molar-refractivity contribution is 6.09. The molecule has 1 aromatic carbocycles. The maximum absolute atomic E-state index is 12.0. The largest absolute Gasteiger partial charge is 0.357 e. The van der Waals surface area contributed by atoms with Crippen LogP contribution >= 0.6 is 0 Å². The lowest BCUT2D eigenvalue weighted by Gasteiger charge is -2.11. The van der Waals surface area contributed by atoms with Crippen LogP contribution in [0.1, 0.15) is 23.0 Å². The minimum Gasteiger partial charge on any atom is -0.357 e. The van der Waals surface area contributed by atoms with E-state index in [1.165, 1.54) is 0 Å². The number of carbonyl (C=O) groups is 1. The first-order chi connectivity index (χ1) is 9.26. The summed E-state index contributed by atoms with van der Waals surface area (Å²) in [6, 6.07) is 3.95. The summed E-state index contributed by atoms with van der Waals surface area (Å²) >= 11 is 0. The van der Waals surface area contributed by atoms with Gasteiger partial charge in [-0.05, 0) is 13.6 Å². The van der Waals surface area contributed by atoms with Crippen molar-refractivity contribution < 1.29 is 4.79 Å². The number of nitrogens with one attached hydrogen (secondary N) is 2. The van der Waals surface area contributed by atoms with Crippen LogP contribution in [0.4, 0.5) is 0 Å². The lowest BCUT2D eigenvalue weighted by atomic mass is 10.0. The van der Waals surface area contributed by atoms with Crippen LogP contribution in [0.3, 0.4) is 0 Å². The molecule has 1 aromatic heterocycles. The SMILES string of the molecule is C=N/C=c1/ccc2c3c([nH]c2/c1=C/C)CCNC3=O. The third kappa shape index (κ3) is 1.68. The van der Waals surface area contributed by atoms with Crippen LogP contribution in [0.2, 0.25) is 0 Å². The van der Waals surface area contributed by atoms with Crippen molar-refractivity contribution in [2.75, 3.05) is 6.54 Å². The number of amides is 1. The van der Waals surface area contributed by atoms with Gasteiger partial charge in [-0.15, -0.1) is 0 Å². The zero-order valence-electron chi connectivity index (χ0n) is 10.8. The Balaban J connectivity index is 2.47. The van der Waals surface area contributed by atoms with Gasteiger partial charge in [-0.25, -0.2) is 0 Å². The number of hydrogen-bond acceptors (Lipinski definition) is 2. The molecule has 2 aromatic rings. The minimum absolute atomic E-state index is 0.00753. The normalized spacial score (nSPS) is 16.6. The fourth-order valence-electron chi connectivity index (χ4n) is 2.71. The van der Waals surface area contributed by atoms with E-state index in [4.69, 9.17) is 0 Å². The van der Waals surface area contributed by atoms with Crippen LogP contribution in [0.15, 0.2) is 17.1 Å². The predicted octanol–water partition coefficient (Wildman–Crippen LogP) is 0.693. The fourth-order valence-corrected chi connectivity index (χ4v) is 2.71. The van der Waals surface area contributed by atoms with E-state index < -0.39 is 0 Å². The topological polar surface area (TPSA) is 57.2 Å². The molecular formula is C15H15N3O. The molecule has 0 fully saturated rings. The highest BCUT2D eigenvalue weighted by Crippen LogP contribution is 2.21. The number of benzene rings is 1. The Labute approximate surface area is 110 Å². The molecule has 96 valence electrons. The Hall–Kier alpha value is -2.36. The van der Waals surface area contributed by atoms with Crippen molar-refractivity contribution in [3.8, 4) is 0 Å². The third-order valence-corrected chi connectivity index (χ3v) is 3.53. The predicted molar refractivity (Wildman–Crippen MR) is 77.7 cm³/mol. The van der Waals surface area contributed by atoms with E-state index in [0.29, 0.717) is 6.54 Å². The number of fused-ring (bicyclic) bond motifs is 3. The van der Waals surface area contributed by atoms with Crippen molar-refractivity contribution in [1.82, 2.24) is 10.3 Å². The highest BCUT2D eigenvalue weighted by atomic mass is 16.1. The lowest BCUT2D eigenvalue weighted by molar-refractivity contribution is 0.0947. The quantitative estimate of drug-likeness (QED) is 0.722. The average molecular weight is 253 g/mol. The molecule has 0 spiro atoms. The number of aromatic nitrogens is 1. The summed E-state index contributed by atoms with van der Waals surface area (Å²) in [7, 11) is 0. The maximum atomic E-state index is 12.0.